The van der Waals surface area contributed by atoms with Gasteiger partial charge in [0, 0.05) is 12.1 Å². The second-order valence-electron chi connectivity index (χ2n) is 4.41. The fourth-order valence-electron chi connectivity index (χ4n) is 1.83. The van der Waals surface area contributed by atoms with Gasteiger partial charge in [-0.1, -0.05) is 6.92 Å². The van der Waals surface area contributed by atoms with Crippen molar-refractivity contribution < 1.29 is 0 Å². The second-order valence-corrected chi connectivity index (χ2v) is 4.82. The third-order valence-electron chi connectivity index (χ3n) is 3.38. The lowest BCUT2D eigenvalue weighted by atomic mass is 9.81. The minimum atomic E-state index is 0.639. The van der Waals surface area contributed by atoms with Crippen LogP contribution in [0, 0.1) is 5.92 Å². The van der Waals surface area contributed by atoms with Crippen molar-refractivity contribution >= 4 is 17.3 Å². The van der Waals surface area contributed by atoms with Gasteiger partial charge in [0.05, 0.1) is 0 Å². The molecule has 2 rings (SSSR count). The number of nitrogens with one attached hydrogen (secondary N) is 2. The Bertz CT molecular complexity index is 201. The molecule has 2 fully saturated rings. The van der Waals surface area contributed by atoms with Crippen molar-refractivity contribution in [3.05, 3.63) is 0 Å². The van der Waals surface area contributed by atoms with E-state index in [4.69, 9.17) is 12.2 Å². The molecule has 0 aromatic heterocycles. The number of hydrogen-bond donors (Lipinski definition) is 2. The second kappa shape index (κ2) is 3.82. The van der Waals surface area contributed by atoms with Gasteiger partial charge in [-0.05, 0) is 50.2 Å². The van der Waals surface area contributed by atoms with Crippen molar-refractivity contribution in [1.82, 2.24) is 10.6 Å². The van der Waals surface area contributed by atoms with Gasteiger partial charge < -0.3 is 10.6 Å². The SMILES string of the molecule is CC1CCC1NC(=S)NC1CCC1. The van der Waals surface area contributed by atoms with Gasteiger partial charge in [-0.25, -0.2) is 0 Å². The molecule has 0 saturated heterocycles. The van der Waals surface area contributed by atoms with Crippen LogP contribution in [0.5, 0.6) is 0 Å². The summed E-state index contributed by atoms with van der Waals surface area (Å²) < 4.78 is 0. The van der Waals surface area contributed by atoms with Crippen LogP contribution in [0.15, 0.2) is 0 Å². The van der Waals surface area contributed by atoms with E-state index < -0.39 is 0 Å². The molecule has 3 heteroatoms. The Kier molecular flexibility index (Phi) is 2.72. The van der Waals surface area contributed by atoms with Crippen LogP contribution in [-0.4, -0.2) is 17.2 Å². The molecule has 0 spiro atoms. The Morgan fingerprint density at radius 1 is 1.15 bits per heavy atom. The summed E-state index contributed by atoms with van der Waals surface area (Å²) in [6.45, 7) is 2.28. The maximum atomic E-state index is 5.24. The molecule has 2 unspecified atom stereocenters. The summed E-state index contributed by atoms with van der Waals surface area (Å²) in [4.78, 5) is 0. The van der Waals surface area contributed by atoms with Gasteiger partial charge >= 0.3 is 0 Å². The molecule has 74 valence electrons. The van der Waals surface area contributed by atoms with Crippen molar-refractivity contribution in [2.24, 2.45) is 5.92 Å². The third-order valence-corrected chi connectivity index (χ3v) is 3.61. The van der Waals surface area contributed by atoms with Gasteiger partial charge in [-0.3, -0.25) is 0 Å². The first-order valence-corrected chi connectivity index (χ1v) is 5.73. The van der Waals surface area contributed by atoms with E-state index >= 15 is 0 Å². The summed E-state index contributed by atoms with van der Waals surface area (Å²) in [6, 6.07) is 1.30. The molecule has 0 bridgehead atoms. The van der Waals surface area contributed by atoms with Crippen LogP contribution in [-0.2, 0) is 0 Å². The molecule has 13 heavy (non-hydrogen) atoms. The van der Waals surface area contributed by atoms with Crippen molar-refractivity contribution in [3.8, 4) is 0 Å². The van der Waals surface area contributed by atoms with E-state index in [0.717, 1.165) is 11.0 Å². The van der Waals surface area contributed by atoms with E-state index in [1.54, 1.807) is 0 Å². The van der Waals surface area contributed by atoms with E-state index in [0.29, 0.717) is 12.1 Å². The summed E-state index contributed by atoms with van der Waals surface area (Å²) >= 11 is 5.24. The fourth-order valence-corrected chi connectivity index (χ4v) is 2.15. The molecule has 2 N–H and O–H groups in total. The van der Waals surface area contributed by atoms with Crippen LogP contribution in [0.2, 0.25) is 0 Å². The largest absolute Gasteiger partial charge is 0.360 e. The predicted octanol–water partition coefficient (Wildman–Crippen LogP) is 1.80. The van der Waals surface area contributed by atoms with Crippen LogP contribution in [0.3, 0.4) is 0 Å². The molecule has 0 aromatic rings. The maximum Gasteiger partial charge on any atom is 0.166 e. The van der Waals surface area contributed by atoms with E-state index in [9.17, 15) is 0 Å². The first-order valence-electron chi connectivity index (χ1n) is 5.33. The zero-order chi connectivity index (χ0) is 9.26. The highest BCUT2D eigenvalue weighted by Crippen LogP contribution is 2.26. The van der Waals surface area contributed by atoms with Crippen LogP contribution in [0.1, 0.15) is 39.0 Å². The van der Waals surface area contributed by atoms with Gasteiger partial charge in [0.25, 0.3) is 0 Å². The average Bonchev–Trinajstić information content (AvgIpc) is 2.05. The molecule has 2 atom stereocenters. The van der Waals surface area contributed by atoms with Crippen molar-refractivity contribution in [1.29, 1.82) is 0 Å². The first kappa shape index (κ1) is 9.25. The highest BCUT2D eigenvalue weighted by atomic mass is 32.1. The van der Waals surface area contributed by atoms with Gasteiger partial charge in [0.15, 0.2) is 5.11 Å². The van der Waals surface area contributed by atoms with Crippen molar-refractivity contribution in [2.75, 3.05) is 0 Å². The minimum Gasteiger partial charge on any atom is -0.360 e. The number of hydrogen-bond acceptors (Lipinski definition) is 1. The summed E-state index contributed by atoms with van der Waals surface area (Å²) in [5.41, 5.74) is 0. The number of rotatable bonds is 2. The van der Waals surface area contributed by atoms with E-state index in [2.05, 4.69) is 17.6 Å². The van der Waals surface area contributed by atoms with Gasteiger partial charge in [0.2, 0.25) is 0 Å². The van der Waals surface area contributed by atoms with Crippen molar-refractivity contribution in [3.63, 3.8) is 0 Å². The zero-order valence-electron chi connectivity index (χ0n) is 8.18. The first-order chi connectivity index (χ1) is 6.25. The Labute approximate surface area is 85.5 Å². The molecule has 2 aliphatic carbocycles. The van der Waals surface area contributed by atoms with Crippen LogP contribution < -0.4 is 10.6 Å². The summed E-state index contributed by atoms with van der Waals surface area (Å²) in [5, 5.41) is 7.62. The molecule has 2 saturated carbocycles. The van der Waals surface area contributed by atoms with Crippen LogP contribution >= 0.6 is 12.2 Å². The highest BCUT2D eigenvalue weighted by Gasteiger charge is 2.27. The highest BCUT2D eigenvalue weighted by molar-refractivity contribution is 7.80. The Hall–Kier alpha value is -0.310. The van der Waals surface area contributed by atoms with Crippen LogP contribution in [0.4, 0.5) is 0 Å². The molecule has 0 aliphatic heterocycles. The molecular formula is C10H18N2S. The monoisotopic (exact) mass is 198 g/mol. The zero-order valence-corrected chi connectivity index (χ0v) is 8.99. The number of thiocarbonyl (C=S) groups is 1. The van der Waals surface area contributed by atoms with E-state index in [-0.39, 0.29) is 0 Å². The fraction of sp³-hybridized carbons (Fsp3) is 0.900. The van der Waals surface area contributed by atoms with E-state index in [1.165, 1.54) is 32.1 Å². The minimum absolute atomic E-state index is 0.639. The van der Waals surface area contributed by atoms with E-state index in [1.807, 2.05) is 0 Å². The van der Waals surface area contributed by atoms with Crippen molar-refractivity contribution in [2.45, 2.75) is 51.1 Å². The average molecular weight is 198 g/mol. The lowest BCUT2D eigenvalue weighted by Gasteiger charge is -2.37. The molecule has 2 nitrogen and oxygen atoms in total. The van der Waals surface area contributed by atoms with Crippen LogP contribution in [0.25, 0.3) is 0 Å². The smallest absolute Gasteiger partial charge is 0.166 e. The summed E-state index contributed by atoms with van der Waals surface area (Å²) in [5.74, 6) is 0.807. The molecule has 0 aromatic carbocycles. The molecule has 0 amide bonds. The van der Waals surface area contributed by atoms with Gasteiger partial charge in [-0.2, -0.15) is 0 Å². The molecular weight excluding hydrogens is 180 g/mol. The van der Waals surface area contributed by atoms with Gasteiger partial charge in [-0.15, -0.1) is 0 Å². The lowest BCUT2D eigenvalue weighted by molar-refractivity contribution is 0.255. The normalized spacial score (nSPS) is 33.0. The Balaban J connectivity index is 1.65. The summed E-state index contributed by atoms with van der Waals surface area (Å²) in [7, 11) is 0. The Morgan fingerprint density at radius 3 is 2.31 bits per heavy atom. The molecule has 0 heterocycles. The molecule has 0 radical (unpaired) electrons. The predicted molar refractivity (Wildman–Crippen MR) is 58.7 cm³/mol. The topological polar surface area (TPSA) is 24.1 Å². The maximum absolute atomic E-state index is 5.24. The quantitative estimate of drug-likeness (QED) is 0.662. The standard InChI is InChI=1S/C10H18N2S/c1-7-5-6-9(7)12-10(13)11-8-3-2-4-8/h7-9H,2-6H2,1H3,(H2,11,12,13). The lowest BCUT2D eigenvalue weighted by Crippen LogP contribution is -2.52. The summed E-state index contributed by atoms with van der Waals surface area (Å²) in [6.07, 6.45) is 6.58. The third kappa shape index (κ3) is 2.13. The van der Waals surface area contributed by atoms with Gasteiger partial charge in [0.1, 0.15) is 0 Å². The Morgan fingerprint density at radius 2 is 1.92 bits per heavy atom. The molecule has 2 aliphatic rings.